The molecule has 2 aromatic rings. The SMILES string of the molecule is CC[C@H](C)[C@@H]([C@@H](CC(=O)N1CCC[C@H]1[C@H](OC)[C@@H](C)C(=O)C[C@H](C)C(O)c1ccccc1)OC)N(C)C(=O)[C@@H](CC(=O)[C@H](C(C)C)N(C)C(=O)OCc1ccc(NCC(=O)[C@@H](NC(=O)CCCCCN2C(=O)CC(SC)C2=O)C(C)C)cc1)C(C)C. The molecule has 20 heteroatoms. The highest BCUT2D eigenvalue weighted by atomic mass is 32.2. The van der Waals surface area contributed by atoms with Gasteiger partial charge in [0.05, 0.1) is 60.7 Å². The number of carbonyl (C=O) groups is 9. The van der Waals surface area contributed by atoms with E-state index in [2.05, 4.69) is 10.6 Å². The number of benzene rings is 2. The third-order valence-electron chi connectivity index (χ3n) is 17.7. The predicted octanol–water partition coefficient (Wildman–Crippen LogP) is 8.93. The lowest BCUT2D eigenvalue weighted by Gasteiger charge is -2.41. The summed E-state index contributed by atoms with van der Waals surface area (Å²) in [6, 6.07) is 13.7. The van der Waals surface area contributed by atoms with Crippen molar-refractivity contribution in [3.8, 4) is 0 Å². The molecule has 2 aliphatic rings. The summed E-state index contributed by atoms with van der Waals surface area (Å²) in [6.45, 7) is 19.6. The maximum atomic E-state index is 14.8. The molecule has 2 unspecified atom stereocenters. The Bertz CT molecular complexity index is 2550. The Morgan fingerprint density at radius 3 is 2.00 bits per heavy atom. The summed E-state index contributed by atoms with van der Waals surface area (Å²) in [4.78, 5) is 128. The van der Waals surface area contributed by atoms with E-state index < -0.39 is 54.4 Å². The quantitative estimate of drug-likeness (QED) is 0.0423. The number of likely N-dealkylation sites (tertiary alicyclic amines) is 2. The zero-order valence-electron chi connectivity index (χ0n) is 54.0. The Hall–Kier alpha value is -5.70. The monoisotopic (exact) mass is 1220 g/mol. The van der Waals surface area contributed by atoms with Crippen LogP contribution in [0.3, 0.4) is 0 Å². The molecule has 2 fully saturated rings. The van der Waals surface area contributed by atoms with Gasteiger partial charge in [-0.1, -0.05) is 125 Å². The number of hydrogen-bond acceptors (Lipinski definition) is 15. The number of rotatable bonds is 37. The van der Waals surface area contributed by atoms with Gasteiger partial charge in [-0.25, -0.2) is 4.79 Å². The lowest BCUT2D eigenvalue weighted by atomic mass is 9.83. The van der Waals surface area contributed by atoms with Gasteiger partial charge in [-0.3, -0.25) is 43.3 Å². The van der Waals surface area contributed by atoms with Crippen LogP contribution in [0.4, 0.5) is 10.5 Å². The minimum atomic E-state index is -0.911. The van der Waals surface area contributed by atoms with Crippen LogP contribution in [-0.4, -0.2) is 174 Å². The topological polar surface area (TPSA) is 239 Å². The summed E-state index contributed by atoms with van der Waals surface area (Å²) < 4.78 is 17.9. The molecule has 0 radical (unpaired) electrons. The minimum absolute atomic E-state index is 0.0317. The smallest absolute Gasteiger partial charge is 0.410 e. The minimum Gasteiger partial charge on any atom is -0.445 e. The first kappa shape index (κ1) is 72.8. The lowest BCUT2D eigenvalue weighted by molar-refractivity contribution is -0.149. The van der Waals surface area contributed by atoms with Crippen molar-refractivity contribution in [3.05, 3.63) is 65.7 Å². The number of ketones is 3. The zero-order chi connectivity index (χ0) is 64.1. The first-order chi connectivity index (χ1) is 40.7. The molecule has 0 saturated carbocycles. The van der Waals surface area contributed by atoms with Crippen molar-refractivity contribution in [1.29, 1.82) is 0 Å². The second kappa shape index (κ2) is 35.3. The molecule has 2 heterocycles. The van der Waals surface area contributed by atoms with Gasteiger partial charge in [0.2, 0.25) is 29.5 Å². The summed E-state index contributed by atoms with van der Waals surface area (Å²) in [5.74, 6) is -4.06. The van der Waals surface area contributed by atoms with Gasteiger partial charge in [-0.05, 0) is 84.8 Å². The molecular weight excluding hydrogens is 1120 g/mol. The van der Waals surface area contributed by atoms with Crippen molar-refractivity contribution in [2.45, 2.75) is 194 Å². The van der Waals surface area contributed by atoms with E-state index in [1.165, 1.54) is 35.7 Å². The Labute approximate surface area is 516 Å². The number of anilines is 1. The Balaban J connectivity index is 1.32. The highest BCUT2D eigenvalue weighted by Gasteiger charge is 2.44. The molecule has 480 valence electrons. The molecular formula is C66H102N6O13S. The molecule has 0 spiro atoms. The second-order valence-corrected chi connectivity index (χ2v) is 25.9. The summed E-state index contributed by atoms with van der Waals surface area (Å²) in [5.41, 5.74) is 2.05. The molecule has 6 amide bonds. The van der Waals surface area contributed by atoms with E-state index in [-0.39, 0.29) is 133 Å². The van der Waals surface area contributed by atoms with Crippen LogP contribution in [0.2, 0.25) is 0 Å². The number of nitrogens with zero attached hydrogens (tertiary/aromatic N) is 4. The molecule has 86 heavy (non-hydrogen) atoms. The van der Waals surface area contributed by atoms with Crippen LogP contribution in [0.1, 0.15) is 157 Å². The van der Waals surface area contributed by atoms with Crippen LogP contribution in [0, 0.1) is 41.4 Å². The summed E-state index contributed by atoms with van der Waals surface area (Å²) in [5, 5.41) is 16.7. The number of amides is 6. The van der Waals surface area contributed by atoms with Crippen molar-refractivity contribution in [3.63, 3.8) is 0 Å². The Kier molecular flexibility index (Phi) is 29.9. The fraction of sp³-hybridized carbons (Fsp3) is 0.682. The fourth-order valence-electron chi connectivity index (χ4n) is 12.2. The highest BCUT2D eigenvalue weighted by molar-refractivity contribution is 8.00. The largest absolute Gasteiger partial charge is 0.445 e. The van der Waals surface area contributed by atoms with Gasteiger partial charge < -0.3 is 44.7 Å². The number of aliphatic hydroxyl groups excluding tert-OH is 1. The van der Waals surface area contributed by atoms with Crippen LogP contribution in [-0.2, 0) is 59.2 Å². The summed E-state index contributed by atoms with van der Waals surface area (Å²) >= 11 is 1.38. The van der Waals surface area contributed by atoms with Crippen LogP contribution in [0.5, 0.6) is 0 Å². The highest BCUT2D eigenvalue weighted by Crippen LogP contribution is 2.34. The second-order valence-electron chi connectivity index (χ2n) is 24.9. The van der Waals surface area contributed by atoms with Crippen molar-refractivity contribution in [1.82, 2.24) is 24.9 Å². The van der Waals surface area contributed by atoms with E-state index in [4.69, 9.17) is 14.2 Å². The Morgan fingerprint density at radius 1 is 0.767 bits per heavy atom. The van der Waals surface area contributed by atoms with Gasteiger partial charge in [0, 0.05) is 84.6 Å². The first-order valence-corrected chi connectivity index (χ1v) is 32.3. The van der Waals surface area contributed by atoms with Crippen molar-refractivity contribution < 1.29 is 62.5 Å². The van der Waals surface area contributed by atoms with E-state index in [9.17, 15) is 48.3 Å². The van der Waals surface area contributed by atoms with E-state index in [0.29, 0.717) is 56.4 Å². The number of nitrogens with one attached hydrogen (secondary N) is 2. The predicted molar refractivity (Wildman–Crippen MR) is 335 cm³/mol. The van der Waals surface area contributed by atoms with E-state index in [1.54, 1.807) is 48.2 Å². The lowest BCUT2D eigenvalue weighted by Crippen LogP contribution is -2.54. The molecule has 2 aliphatic heterocycles. The number of aliphatic hydroxyl groups is 1. The van der Waals surface area contributed by atoms with Gasteiger partial charge in [0.25, 0.3) is 0 Å². The number of hydrogen-bond donors (Lipinski definition) is 3. The number of Topliss-reactive ketones (excluding diaryl/α,β-unsaturated/α-hetero) is 3. The van der Waals surface area contributed by atoms with Crippen LogP contribution < -0.4 is 10.6 Å². The van der Waals surface area contributed by atoms with Gasteiger partial charge in [0.15, 0.2) is 11.6 Å². The van der Waals surface area contributed by atoms with E-state index in [0.717, 1.165) is 12.0 Å². The van der Waals surface area contributed by atoms with Gasteiger partial charge in [-0.2, -0.15) is 11.8 Å². The van der Waals surface area contributed by atoms with Gasteiger partial charge in [-0.15, -0.1) is 0 Å². The number of carbonyl (C=O) groups excluding carboxylic acids is 9. The van der Waals surface area contributed by atoms with Crippen molar-refractivity contribution >= 4 is 70.4 Å². The molecule has 0 bridgehead atoms. The number of unbranched alkanes of at least 4 members (excludes halogenated alkanes) is 2. The molecule has 12 atom stereocenters. The molecule has 2 saturated heterocycles. The van der Waals surface area contributed by atoms with Crippen LogP contribution in [0.25, 0.3) is 0 Å². The number of imide groups is 1. The van der Waals surface area contributed by atoms with Gasteiger partial charge in [0.1, 0.15) is 12.4 Å². The van der Waals surface area contributed by atoms with E-state index >= 15 is 0 Å². The number of likely N-dealkylation sites (N-methyl/N-ethyl adjacent to an activating group) is 2. The van der Waals surface area contributed by atoms with E-state index in [1.807, 2.05) is 106 Å². The number of ether oxygens (including phenoxy) is 3. The van der Waals surface area contributed by atoms with Crippen LogP contribution in [0.15, 0.2) is 54.6 Å². The first-order valence-electron chi connectivity index (χ1n) is 31.0. The molecule has 2 aromatic carbocycles. The molecule has 0 aromatic heterocycles. The third-order valence-corrected chi connectivity index (χ3v) is 18.6. The molecule has 3 N–H and O–H groups in total. The zero-order valence-corrected chi connectivity index (χ0v) is 54.8. The third kappa shape index (κ3) is 20.2. The maximum Gasteiger partial charge on any atom is 0.410 e. The molecule has 4 rings (SSSR count). The van der Waals surface area contributed by atoms with Crippen LogP contribution >= 0.6 is 11.8 Å². The van der Waals surface area contributed by atoms with Crippen molar-refractivity contribution in [2.24, 2.45) is 41.4 Å². The number of methoxy groups -OCH3 is 2. The average Bonchev–Trinajstić information content (AvgIpc) is 2.64. The average molecular weight is 1220 g/mol. The Morgan fingerprint density at radius 2 is 1.43 bits per heavy atom. The molecule has 0 aliphatic carbocycles. The normalized spacial score (nSPS) is 18.9. The standard InChI is InChI=1S/C66H102N6O13S/c1-16-43(8)61(54(83-13)36-57(77)71-33-23-26-50(71)63(84-14)45(10)51(73)34-44(9)62(79)47-24-19-17-20-25-47)69(11)64(80)49(40(2)3)35-52(74)60(42(6)7)70(12)66(82)85-39-46-28-30-48(31-29-46)67-38-53(75)59(41(4)5)68-56(76)27-21-18-22-32-72-58(78)37-55(86-15)65(72)81/h17,19-20,24-25,28-31,40-45,49-50,54-55,59-63,67,79H,16,18,21-23,26-27,32-39H2,1-15H3,(H,68,76)/t43-,44-,45-,49-,50-,54+,55?,59-,60-,61-,62?,63+/m0/s1. The summed E-state index contributed by atoms with van der Waals surface area (Å²) in [6.07, 6.45) is 3.27. The van der Waals surface area contributed by atoms with Gasteiger partial charge >= 0.3 is 6.09 Å². The number of thioether (sulfide) groups is 1. The fourth-order valence-corrected chi connectivity index (χ4v) is 12.9. The molecule has 19 nitrogen and oxygen atoms in total. The maximum absolute atomic E-state index is 14.8. The summed E-state index contributed by atoms with van der Waals surface area (Å²) in [7, 11) is 6.32. The van der Waals surface area contributed by atoms with Crippen molar-refractivity contribution in [2.75, 3.05) is 59.5 Å².